The highest BCUT2D eigenvalue weighted by Crippen LogP contribution is 2.02. The molecule has 74 valence electrons. The van der Waals surface area contributed by atoms with E-state index in [0.29, 0.717) is 12.4 Å². The van der Waals surface area contributed by atoms with Crippen LogP contribution < -0.4 is 0 Å². The van der Waals surface area contributed by atoms with Crippen molar-refractivity contribution in [3.63, 3.8) is 0 Å². The van der Waals surface area contributed by atoms with Crippen LogP contribution in [-0.4, -0.2) is 24.5 Å². The molecule has 0 atom stereocenters. The summed E-state index contributed by atoms with van der Waals surface area (Å²) in [6.07, 6.45) is 5.40. The summed E-state index contributed by atoms with van der Waals surface area (Å²) in [6.45, 7) is 0.667. The second-order valence-electron chi connectivity index (χ2n) is 3.04. The van der Waals surface area contributed by atoms with Gasteiger partial charge in [0.15, 0.2) is 0 Å². The van der Waals surface area contributed by atoms with E-state index >= 15 is 0 Å². The van der Waals surface area contributed by atoms with Crippen molar-refractivity contribution in [2.24, 2.45) is 7.05 Å². The van der Waals surface area contributed by atoms with Crippen LogP contribution in [0.3, 0.4) is 0 Å². The number of imidazole rings is 1. The third-order valence-electron chi connectivity index (χ3n) is 1.96. The molecule has 0 saturated heterocycles. The largest absolute Gasteiger partial charge is 0.336 e. The van der Waals surface area contributed by atoms with Crippen LogP contribution in [0, 0.1) is 0 Å². The van der Waals surface area contributed by atoms with Crippen LogP contribution in [0.4, 0.5) is 0 Å². The molecule has 5 nitrogen and oxygen atoms in total. The molecule has 0 saturated carbocycles. The molecule has 2 aromatic rings. The minimum absolute atomic E-state index is 0.394. The first-order valence-electron chi connectivity index (χ1n) is 4.20. The van der Waals surface area contributed by atoms with Crippen LogP contribution in [0.25, 0.3) is 0 Å². The highest BCUT2D eigenvalue weighted by Gasteiger charge is 2.02. The molecular formula is C8H10ClN5. The number of aryl methyl sites for hydroxylation is 1. The standard InChI is InChI=1S/C8H10ClN5/c1-13-6-10-3-8(13)5-14-4-7(2-9)11-12-14/h3-4,6H,2,5H2,1H3. The van der Waals surface area contributed by atoms with Crippen LogP contribution in [-0.2, 0) is 19.5 Å². The van der Waals surface area contributed by atoms with Gasteiger partial charge in [0.25, 0.3) is 0 Å². The lowest BCUT2D eigenvalue weighted by molar-refractivity contribution is 0.620. The molecule has 0 aliphatic heterocycles. The van der Waals surface area contributed by atoms with Gasteiger partial charge in [-0.25, -0.2) is 9.67 Å². The summed E-state index contributed by atoms with van der Waals surface area (Å²) in [7, 11) is 1.95. The lowest BCUT2D eigenvalue weighted by Gasteiger charge is -2.00. The van der Waals surface area contributed by atoms with E-state index < -0.39 is 0 Å². The molecule has 0 radical (unpaired) electrons. The number of alkyl halides is 1. The Bertz CT molecular complexity index is 419. The molecule has 0 spiro atoms. The fourth-order valence-corrected chi connectivity index (χ4v) is 1.30. The van der Waals surface area contributed by atoms with E-state index in [9.17, 15) is 0 Å². The maximum absolute atomic E-state index is 5.62. The summed E-state index contributed by atoms with van der Waals surface area (Å²) in [5.74, 6) is 0.394. The van der Waals surface area contributed by atoms with Gasteiger partial charge in [0.1, 0.15) is 0 Å². The lowest BCUT2D eigenvalue weighted by atomic mass is 10.4. The van der Waals surface area contributed by atoms with Crippen LogP contribution in [0.2, 0.25) is 0 Å². The summed E-state index contributed by atoms with van der Waals surface area (Å²) in [5, 5.41) is 7.84. The van der Waals surface area contributed by atoms with Gasteiger partial charge in [-0.05, 0) is 0 Å². The second kappa shape index (κ2) is 3.79. The minimum Gasteiger partial charge on any atom is -0.336 e. The average molecular weight is 212 g/mol. The van der Waals surface area contributed by atoms with Crippen LogP contribution in [0.1, 0.15) is 11.4 Å². The van der Waals surface area contributed by atoms with Crippen molar-refractivity contribution in [2.75, 3.05) is 0 Å². The van der Waals surface area contributed by atoms with Crippen LogP contribution in [0.5, 0.6) is 0 Å². The van der Waals surface area contributed by atoms with E-state index in [4.69, 9.17) is 11.6 Å². The molecule has 0 aliphatic carbocycles. The number of aromatic nitrogens is 5. The lowest BCUT2D eigenvalue weighted by Crippen LogP contribution is -2.04. The molecular weight excluding hydrogens is 202 g/mol. The number of rotatable bonds is 3. The number of hydrogen-bond acceptors (Lipinski definition) is 3. The zero-order valence-electron chi connectivity index (χ0n) is 7.76. The molecule has 0 N–H and O–H groups in total. The molecule has 6 heteroatoms. The quantitative estimate of drug-likeness (QED) is 0.706. The van der Waals surface area contributed by atoms with Gasteiger partial charge in [0.05, 0.1) is 42.5 Å². The monoisotopic (exact) mass is 211 g/mol. The summed E-state index contributed by atoms with van der Waals surface area (Å²) in [4.78, 5) is 4.02. The first-order chi connectivity index (χ1) is 6.79. The van der Waals surface area contributed by atoms with E-state index in [0.717, 1.165) is 11.4 Å². The Morgan fingerprint density at radius 1 is 1.50 bits per heavy atom. The fourth-order valence-electron chi connectivity index (χ4n) is 1.18. The fraction of sp³-hybridized carbons (Fsp3) is 0.375. The number of hydrogen-bond donors (Lipinski definition) is 0. The van der Waals surface area contributed by atoms with E-state index in [1.807, 2.05) is 24.0 Å². The molecule has 2 heterocycles. The Morgan fingerprint density at radius 3 is 2.93 bits per heavy atom. The molecule has 14 heavy (non-hydrogen) atoms. The van der Waals surface area contributed by atoms with Gasteiger partial charge < -0.3 is 4.57 Å². The van der Waals surface area contributed by atoms with Crippen molar-refractivity contribution in [3.05, 3.63) is 30.1 Å². The number of halogens is 1. The van der Waals surface area contributed by atoms with E-state index in [1.165, 1.54) is 0 Å². The predicted octanol–water partition coefficient (Wildman–Crippen LogP) is 0.799. The van der Waals surface area contributed by atoms with Gasteiger partial charge in [-0.2, -0.15) is 0 Å². The Kier molecular flexibility index (Phi) is 2.49. The summed E-state index contributed by atoms with van der Waals surface area (Å²) < 4.78 is 3.69. The maximum atomic E-state index is 5.62. The van der Waals surface area contributed by atoms with E-state index in [2.05, 4.69) is 15.3 Å². The van der Waals surface area contributed by atoms with Gasteiger partial charge in [-0.3, -0.25) is 0 Å². The zero-order valence-corrected chi connectivity index (χ0v) is 8.52. The third kappa shape index (κ3) is 1.77. The molecule has 2 aromatic heterocycles. The Morgan fingerprint density at radius 2 is 2.36 bits per heavy atom. The van der Waals surface area contributed by atoms with Crippen LogP contribution in [0.15, 0.2) is 18.7 Å². The minimum atomic E-state index is 0.394. The highest BCUT2D eigenvalue weighted by atomic mass is 35.5. The molecule has 0 unspecified atom stereocenters. The van der Waals surface area contributed by atoms with E-state index in [-0.39, 0.29) is 0 Å². The first-order valence-corrected chi connectivity index (χ1v) is 4.73. The van der Waals surface area contributed by atoms with Gasteiger partial charge in [0, 0.05) is 7.05 Å². The Hall–Kier alpha value is -1.36. The van der Waals surface area contributed by atoms with Gasteiger partial charge in [0.2, 0.25) is 0 Å². The summed E-state index contributed by atoms with van der Waals surface area (Å²) in [6, 6.07) is 0. The summed E-state index contributed by atoms with van der Waals surface area (Å²) >= 11 is 5.62. The predicted molar refractivity (Wildman–Crippen MR) is 51.9 cm³/mol. The molecule has 0 aromatic carbocycles. The van der Waals surface area contributed by atoms with Crippen molar-refractivity contribution in [1.29, 1.82) is 0 Å². The molecule has 0 aliphatic rings. The second-order valence-corrected chi connectivity index (χ2v) is 3.30. The number of nitrogens with zero attached hydrogens (tertiary/aromatic N) is 5. The van der Waals surface area contributed by atoms with Gasteiger partial charge >= 0.3 is 0 Å². The Labute approximate surface area is 86.3 Å². The summed E-state index contributed by atoms with van der Waals surface area (Å²) in [5.41, 5.74) is 1.87. The normalized spacial score (nSPS) is 10.7. The zero-order chi connectivity index (χ0) is 9.97. The Balaban J connectivity index is 2.15. The van der Waals surface area contributed by atoms with E-state index in [1.54, 1.807) is 11.0 Å². The van der Waals surface area contributed by atoms with Crippen LogP contribution >= 0.6 is 11.6 Å². The van der Waals surface area contributed by atoms with Crippen molar-refractivity contribution in [2.45, 2.75) is 12.4 Å². The SMILES string of the molecule is Cn1cncc1Cn1cc(CCl)nn1. The maximum Gasteiger partial charge on any atom is 0.0974 e. The molecule has 2 rings (SSSR count). The third-order valence-corrected chi connectivity index (χ3v) is 2.24. The smallest absolute Gasteiger partial charge is 0.0974 e. The molecule has 0 fully saturated rings. The van der Waals surface area contributed by atoms with Gasteiger partial charge in [-0.15, -0.1) is 16.7 Å². The average Bonchev–Trinajstić information content (AvgIpc) is 2.77. The van der Waals surface area contributed by atoms with Crippen molar-refractivity contribution >= 4 is 11.6 Å². The molecule has 0 bridgehead atoms. The highest BCUT2D eigenvalue weighted by molar-refractivity contribution is 6.16. The van der Waals surface area contributed by atoms with Crippen molar-refractivity contribution in [3.8, 4) is 0 Å². The van der Waals surface area contributed by atoms with Crippen molar-refractivity contribution < 1.29 is 0 Å². The molecule has 0 amide bonds. The van der Waals surface area contributed by atoms with Crippen molar-refractivity contribution in [1.82, 2.24) is 24.5 Å². The first kappa shape index (κ1) is 9.21. The topological polar surface area (TPSA) is 48.5 Å². The van der Waals surface area contributed by atoms with Gasteiger partial charge in [-0.1, -0.05) is 5.21 Å².